The molecular formula is C22H21ClINO3. The Kier molecular flexibility index (Phi) is 5.83. The number of hydrogen-bond donors (Lipinski definition) is 0. The van der Waals surface area contributed by atoms with Crippen LogP contribution in [0.5, 0.6) is 5.75 Å². The number of hydrogen-bond acceptors (Lipinski definition) is 3. The summed E-state index contributed by atoms with van der Waals surface area (Å²) in [5.74, 6) is 0.426. The monoisotopic (exact) mass is 509 g/mol. The van der Waals surface area contributed by atoms with Gasteiger partial charge in [0.25, 0.3) is 0 Å². The first-order valence-corrected chi connectivity index (χ1v) is 11.0. The van der Waals surface area contributed by atoms with Crippen molar-refractivity contribution in [3.8, 4) is 11.4 Å². The molecule has 0 unspecified atom stereocenters. The van der Waals surface area contributed by atoms with Crippen LogP contribution in [0.4, 0.5) is 0 Å². The second-order valence-electron chi connectivity index (χ2n) is 6.90. The van der Waals surface area contributed by atoms with Crippen molar-refractivity contribution in [3.05, 3.63) is 56.8 Å². The number of benzene rings is 2. The third-order valence-corrected chi connectivity index (χ3v) is 6.09. The summed E-state index contributed by atoms with van der Waals surface area (Å²) in [6, 6.07) is 13.8. The predicted molar refractivity (Wildman–Crippen MR) is 120 cm³/mol. The summed E-state index contributed by atoms with van der Waals surface area (Å²) >= 11 is 8.85. The summed E-state index contributed by atoms with van der Waals surface area (Å²) < 4.78 is 14.3. The fourth-order valence-corrected chi connectivity index (χ4v) is 4.55. The number of esters is 1. The van der Waals surface area contributed by atoms with Crippen molar-refractivity contribution in [2.45, 2.75) is 38.7 Å². The van der Waals surface area contributed by atoms with Crippen molar-refractivity contribution >= 4 is 51.1 Å². The molecule has 1 heterocycles. The molecule has 0 radical (unpaired) electrons. The zero-order chi connectivity index (χ0) is 19.7. The van der Waals surface area contributed by atoms with Crippen LogP contribution in [-0.4, -0.2) is 23.2 Å². The van der Waals surface area contributed by atoms with Gasteiger partial charge in [-0.2, -0.15) is 0 Å². The van der Waals surface area contributed by atoms with Crippen LogP contribution in [0.2, 0.25) is 5.02 Å². The first-order valence-electron chi connectivity index (χ1n) is 9.52. The van der Waals surface area contributed by atoms with Gasteiger partial charge in [-0.05, 0) is 97.7 Å². The van der Waals surface area contributed by atoms with E-state index < -0.39 is 5.97 Å². The molecule has 3 aromatic rings. The van der Waals surface area contributed by atoms with Gasteiger partial charge in [0.1, 0.15) is 5.75 Å². The first kappa shape index (κ1) is 19.6. The minimum atomic E-state index is -0.426. The molecule has 1 aliphatic carbocycles. The van der Waals surface area contributed by atoms with Gasteiger partial charge >= 0.3 is 5.97 Å². The molecule has 2 aromatic carbocycles. The zero-order valence-electron chi connectivity index (χ0n) is 15.6. The lowest BCUT2D eigenvalue weighted by molar-refractivity contribution is 0.0517. The summed E-state index contributed by atoms with van der Waals surface area (Å²) in [7, 11) is 0. The second-order valence-corrected chi connectivity index (χ2v) is 8.52. The lowest BCUT2D eigenvalue weighted by Crippen LogP contribution is -2.12. The third kappa shape index (κ3) is 3.74. The van der Waals surface area contributed by atoms with Gasteiger partial charge in [-0.3, -0.25) is 0 Å². The Morgan fingerprint density at radius 2 is 1.89 bits per heavy atom. The van der Waals surface area contributed by atoms with E-state index in [9.17, 15) is 4.79 Å². The van der Waals surface area contributed by atoms with Gasteiger partial charge in [-0.1, -0.05) is 11.6 Å². The number of rotatable bonds is 5. The van der Waals surface area contributed by atoms with Crippen molar-refractivity contribution in [1.82, 2.24) is 4.57 Å². The molecule has 1 saturated carbocycles. The van der Waals surface area contributed by atoms with Gasteiger partial charge in [-0.15, -0.1) is 0 Å². The molecule has 0 bridgehead atoms. The maximum Gasteiger partial charge on any atom is 0.356 e. The largest absolute Gasteiger partial charge is 0.490 e. The van der Waals surface area contributed by atoms with Gasteiger partial charge in [-0.25, -0.2) is 4.79 Å². The van der Waals surface area contributed by atoms with E-state index in [1.807, 2.05) is 47.0 Å². The average molecular weight is 510 g/mol. The van der Waals surface area contributed by atoms with Crippen molar-refractivity contribution < 1.29 is 14.3 Å². The summed E-state index contributed by atoms with van der Waals surface area (Å²) in [5.41, 5.74) is 2.07. The Hall–Kier alpha value is -1.73. The highest BCUT2D eigenvalue weighted by molar-refractivity contribution is 14.1. The molecular weight excluding hydrogens is 489 g/mol. The molecule has 1 aliphatic rings. The Morgan fingerprint density at radius 3 is 2.57 bits per heavy atom. The highest BCUT2D eigenvalue weighted by Crippen LogP contribution is 2.35. The maximum absolute atomic E-state index is 12.7. The van der Waals surface area contributed by atoms with E-state index in [1.54, 1.807) is 6.92 Å². The number of halogens is 2. The number of nitrogens with zero attached hydrogens (tertiary/aromatic N) is 1. The molecule has 0 N–H and O–H groups in total. The maximum atomic E-state index is 12.7. The lowest BCUT2D eigenvalue weighted by Gasteiger charge is -2.15. The van der Waals surface area contributed by atoms with Gasteiger partial charge in [0.15, 0.2) is 5.69 Å². The number of fused-ring (bicyclic) bond motifs is 1. The van der Waals surface area contributed by atoms with Crippen molar-refractivity contribution in [2.24, 2.45) is 0 Å². The highest BCUT2D eigenvalue weighted by Gasteiger charge is 2.24. The molecule has 28 heavy (non-hydrogen) atoms. The topological polar surface area (TPSA) is 40.5 Å². The molecule has 0 spiro atoms. The standard InChI is InChI=1S/C22H21ClINO3/c1-2-27-22(26)21-20(23)18-13-14(24)7-12-19(18)25(21)15-8-10-17(11-9-15)28-16-5-3-4-6-16/h7-13,16H,2-6H2,1H3. The van der Waals surface area contributed by atoms with Gasteiger partial charge in [0.2, 0.25) is 0 Å². The van der Waals surface area contributed by atoms with Crippen LogP contribution in [0.1, 0.15) is 43.1 Å². The van der Waals surface area contributed by atoms with E-state index in [-0.39, 0.29) is 0 Å². The Labute approximate surface area is 182 Å². The number of ether oxygens (including phenoxy) is 2. The van der Waals surface area contributed by atoms with E-state index in [0.29, 0.717) is 23.4 Å². The van der Waals surface area contributed by atoms with Crippen molar-refractivity contribution in [2.75, 3.05) is 6.61 Å². The van der Waals surface area contributed by atoms with E-state index in [0.717, 1.165) is 38.8 Å². The molecule has 1 fully saturated rings. The number of aromatic nitrogens is 1. The second kappa shape index (κ2) is 8.33. The normalized spacial score (nSPS) is 14.5. The van der Waals surface area contributed by atoms with Gasteiger partial charge in [0, 0.05) is 14.6 Å². The van der Waals surface area contributed by atoms with E-state index >= 15 is 0 Å². The molecule has 146 valence electrons. The van der Waals surface area contributed by atoms with Crippen molar-refractivity contribution in [3.63, 3.8) is 0 Å². The van der Waals surface area contributed by atoms with Crippen LogP contribution in [0.3, 0.4) is 0 Å². The Balaban J connectivity index is 1.78. The number of carbonyl (C=O) groups is 1. The Morgan fingerprint density at radius 1 is 1.18 bits per heavy atom. The quantitative estimate of drug-likeness (QED) is 0.296. The lowest BCUT2D eigenvalue weighted by atomic mass is 10.2. The summed E-state index contributed by atoms with van der Waals surface area (Å²) in [6.45, 7) is 2.08. The van der Waals surface area contributed by atoms with Crippen LogP contribution in [0.25, 0.3) is 16.6 Å². The molecule has 1 aromatic heterocycles. The summed E-state index contributed by atoms with van der Waals surface area (Å²) in [5, 5.41) is 1.25. The van der Waals surface area contributed by atoms with Crippen LogP contribution in [0.15, 0.2) is 42.5 Å². The summed E-state index contributed by atoms with van der Waals surface area (Å²) in [4.78, 5) is 12.7. The van der Waals surface area contributed by atoms with E-state index in [2.05, 4.69) is 22.6 Å². The number of carbonyl (C=O) groups excluding carboxylic acids is 1. The van der Waals surface area contributed by atoms with Crippen molar-refractivity contribution in [1.29, 1.82) is 0 Å². The molecule has 6 heteroatoms. The Bertz CT molecular complexity index is 1010. The van der Waals surface area contributed by atoms with Gasteiger partial charge < -0.3 is 14.0 Å². The first-order chi connectivity index (χ1) is 13.6. The van der Waals surface area contributed by atoms with Crippen LogP contribution in [0, 0.1) is 3.57 Å². The molecule has 0 saturated heterocycles. The fourth-order valence-electron chi connectivity index (χ4n) is 3.75. The molecule has 0 atom stereocenters. The van der Waals surface area contributed by atoms with Gasteiger partial charge in [0.05, 0.1) is 23.3 Å². The van der Waals surface area contributed by atoms with Crippen LogP contribution in [-0.2, 0) is 4.74 Å². The van der Waals surface area contributed by atoms with Crippen LogP contribution < -0.4 is 4.74 Å². The highest BCUT2D eigenvalue weighted by atomic mass is 127. The van der Waals surface area contributed by atoms with Crippen LogP contribution >= 0.6 is 34.2 Å². The molecule has 0 aliphatic heterocycles. The third-order valence-electron chi connectivity index (χ3n) is 5.04. The molecule has 4 rings (SSSR count). The predicted octanol–water partition coefficient (Wildman–Crippen LogP) is 6.39. The fraction of sp³-hybridized carbons (Fsp3) is 0.318. The summed E-state index contributed by atoms with van der Waals surface area (Å²) in [6.07, 6.45) is 5.01. The smallest absolute Gasteiger partial charge is 0.356 e. The zero-order valence-corrected chi connectivity index (χ0v) is 18.5. The average Bonchev–Trinajstić information content (AvgIpc) is 3.29. The SMILES string of the molecule is CCOC(=O)c1c(Cl)c2cc(I)ccc2n1-c1ccc(OC2CCCC2)cc1. The molecule has 4 nitrogen and oxygen atoms in total. The molecule has 0 amide bonds. The van der Waals surface area contributed by atoms with E-state index in [4.69, 9.17) is 21.1 Å². The minimum Gasteiger partial charge on any atom is -0.490 e. The van der Waals surface area contributed by atoms with E-state index in [1.165, 1.54) is 12.8 Å². The minimum absolute atomic E-state index is 0.294.